The van der Waals surface area contributed by atoms with Crippen LogP contribution in [-0.4, -0.2) is 61.1 Å². The Bertz CT molecular complexity index is 380. The Hall–Kier alpha value is -0.910. The third kappa shape index (κ3) is 5.23. The molecule has 0 saturated carbocycles. The lowest BCUT2D eigenvalue weighted by Gasteiger charge is -2.32. The van der Waals surface area contributed by atoms with Gasteiger partial charge in [0.1, 0.15) is 0 Å². The third-order valence-corrected chi connectivity index (χ3v) is 3.99. The second kappa shape index (κ2) is 8.39. The van der Waals surface area contributed by atoms with E-state index >= 15 is 0 Å². The van der Waals surface area contributed by atoms with Crippen LogP contribution in [0.4, 0.5) is 0 Å². The summed E-state index contributed by atoms with van der Waals surface area (Å²) in [5, 5.41) is 7.72. The highest BCUT2D eigenvalue weighted by Gasteiger charge is 2.19. The number of piperidine rings is 1. The molecule has 5 nitrogen and oxygen atoms in total. The predicted octanol–water partition coefficient (Wildman–Crippen LogP) is 0.911. The lowest BCUT2D eigenvalue weighted by Crippen LogP contribution is -2.40. The van der Waals surface area contributed by atoms with Gasteiger partial charge in [-0.2, -0.15) is 5.10 Å². The quantitative estimate of drug-likeness (QED) is 0.719. The van der Waals surface area contributed by atoms with Gasteiger partial charge in [-0.15, -0.1) is 0 Å². The molecule has 0 bridgehead atoms. The standard InChI is InChI=1S/C15H28N4O/c1-18-12-15(11-17-18)5-8-19-7-3-4-14(13-19)10-16-6-9-20-2/h11-12,14,16H,3-10,13H2,1-2H3. The molecule has 1 unspecified atom stereocenters. The van der Waals surface area contributed by atoms with E-state index in [2.05, 4.69) is 21.5 Å². The fourth-order valence-electron chi connectivity index (χ4n) is 2.89. The highest BCUT2D eigenvalue weighted by Crippen LogP contribution is 2.16. The fourth-order valence-corrected chi connectivity index (χ4v) is 2.89. The van der Waals surface area contributed by atoms with Crippen molar-refractivity contribution in [3.63, 3.8) is 0 Å². The molecule has 1 fully saturated rings. The molecular formula is C15H28N4O. The van der Waals surface area contributed by atoms with Crippen molar-refractivity contribution >= 4 is 0 Å². The van der Waals surface area contributed by atoms with Crippen LogP contribution >= 0.6 is 0 Å². The van der Waals surface area contributed by atoms with Gasteiger partial charge in [-0.3, -0.25) is 4.68 Å². The van der Waals surface area contributed by atoms with Gasteiger partial charge < -0.3 is 15.0 Å². The van der Waals surface area contributed by atoms with Crippen molar-refractivity contribution in [2.24, 2.45) is 13.0 Å². The monoisotopic (exact) mass is 280 g/mol. The van der Waals surface area contributed by atoms with Crippen molar-refractivity contribution in [2.75, 3.05) is 46.4 Å². The van der Waals surface area contributed by atoms with E-state index in [1.807, 2.05) is 17.9 Å². The molecule has 2 rings (SSSR count). The smallest absolute Gasteiger partial charge is 0.0587 e. The first kappa shape index (κ1) is 15.5. The Balaban J connectivity index is 1.65. The van der Waals surface area contributed by atoms with Crippen molar-refractivity contribution in [1.82, 2.24) is 20.0 Å². The van der Waals surface area contributed by atoms with Crippen LogP contribution in [0, 0.1) is 5.92 Å². The minimum absolute atomic E-state index is 0.787. The lowest BCUT2D eigenvalue weighted by atomic mass is 9.97. The zero-order valence-electron chi connectivity index (χ0n) is 12.8. The van der Waals surface area contributed by atoms with Crippen molar-refractivity contribution in [1.29, 1.82) is 0 Å². The average molecular weight is 280 g/mol. The van der Waals surface area contributed by atoms with Gasteiger partial charge in [-0.1, -0.05) is 0 Å². The summed E-state index contributed by atoms with van der Waals surface area (Å²) in [6, 6.07) is 0. The molecule has 2 heterocycles. The number of likely N-dealkylation sites (tertiary alicyclic amines) is 1. The minimum Gasteiger partial charge on any atom is -0.383 e. The van der Waals surface area contributed by atoms with Gasteiger partial charge in [0, 0.05) is 40.0 Å². The molecule has 20 heavy (non-hydrogen) atoms. The molecule has 1 aromatic rings. The number of methoxy groups -OCH3 is 1. The molecule has 114 valence electrons. The Labute approximate surface area is 122 Å². The zero-order chi connectivity index (χ0) is 14.2. The van der Waals surface area contributed by atoms with Gasteiger partial charge in [-0.05, 0) is 43.8 Å². The second-order valence-electron chi connectivity index (χ2n) is 5.78. The van der Waals surface area contributed by atoms with Gasteiger partial charge >= 0.3 is 0 Å². The highest BCUT2D eigenvalue weighted by molar-refractivity contribution is 5.04. The maximum Gasteiger partial charge on any atom is 0.0587 e. The van der Waals surface area contributed by atoms with Crippen molar-refractivity contribution in [3.8, 4) is 0 Å². The Morgan fingerprint density at radius 2 is 2.40 bits per heavy atom. The number of aromatic nitrogens is 2. The number of aryl methyl sites for hydroxylation is 1. The second-order valence-corrected chi connectivity index (χ2v) is 5.78. The largest absolute Gasteiger partial charge is 0.383 e. The molecule has 1 aliphatic heterocycles. The summed E-state index contributed by atoms with van der Waals surface area (Å²) in [4.78, 5) is 2.60. The number of nitrogens with zero attached hydrogens (tertiary/aromatic N) is 3. The molecule has 0 amide bonds. The summed E-state index contributed by atoms with van der Waals surface area (Å²) >= 11 is 0. The van der Waals surface area contributed by atoms with Gasteiger partial charge in [0.25, 0.3) is 0 Å². The number of hydrogen-bond acceptors (Lipinski definition) is 4. The van der Waals surface area contributed by atoms with Gasteiger partial charge in [0.15, 0.2) is 0 Å². The first-order valence-electron chi connectivity index (χ1n) is 7.67. The van der Waals surface area contributed by atoms with Gasteiger partial charge in [0.05, 0.1) is 12.8 Å². The van der Waals surface area contributed by atoms with Crippen LogP contribution in [0.5, 0.6) is 0 Å². The Kier molecular flexibility index (Phi) is 6.50. The Morgan fingerprint density at radius 1 is 1.50 bits per heavy atom. The van der Waals surface area contributed by atoms with Crippen LogP contribution < -0.4 is 5.32 Å². The van der Waals surface area contributed by atoms with E-state index in [-0.39, 0.29) is 0 Å². The molecule has 1 aromatic heterocycles. The van der Waals surface area contributed by atoms with Crippen LogP contribution in [0.1, 0.15) is 18.4 Å². The summed E-state index contributed by atoms with van der Waals surface area (Å²) in [6.07, 6.45) is 7.88. The van der Waals surface area contributed by atoms with E-state index in [0.717, 1.165) is 38.6 Å². The van der Waals surface area contributed by atoms with E-state index in [4.69, 9.17) is 4.74 Å². The van der Waals surface area contributed by atoms with E-state index in [1.165, 1.54) is 31.5 Å². The van der Waals surface area contributed by atoms with Crippen LogP contribution in [-0.2, 0) is 18.2 Å². The van der Waals surface area contributed by atoms with Gasteiger partial charge in [0.2, 0.25) is 0 Å². The molecule has 1 saturated heterocycles. The number of ether oxygens (including phenoxy) is 1. The van der Waals surface area contributed by atoms with Crippen LogP contribution in [0.3, 0.4) is 0 Å². The molecule has 5 heteroatoms. The van der Waals surface area contributed by atoms with Crippen molar-refractivity contribution in [2.45, 2.75) is 19.3 Å². The molecule has 0 radical (unpaired) electrons. The van der Waals surface area contributed by atoms with E-state index < -0.39 is 0 Å². The first-order chi connectivity index (χ1) is 9.78. The summed E-state index contributed by atoms with van der Waals surface area (Å²) in [5.74, 6) is 0.787. The molecule has 1 atom stereocenters. The van der Waals surface area contributed by atoms with Gasteiger partial charge in [-0.25, -0.2) is 0 Å². The van der Waals surface area contributed by atoms with E-state index in [0.29, 0.717) is 0 Å². The lowest BCUT2D eigenvalue weighted by molar-refractivity contribution is 0.166. The summed E-state index contributed by atoms with van der Waals surface area (Å²) in [7, 11) is 3.73. The molecule has 0 aromatic carbocycles. The normalized spacial score (nSPS) is 20.4. The molecule has 1 aliphatic rings. The minimum atomic E-state index is 0.787. The summed E-state index contributed by atoms with van der Waals surface area (Å²) in [5.41, 5.74) is 1.34. The predicted molar refractivity (Wildman–Crippen MR) is 80.8 cm³/mol. The van der Waals surface area contributed by atoms with Crippen LogP contribution in [0.2, 0.25) is 0 Å². The first-order valence-corrected chi connectivity index (χ1v) is 7.67. The van der Waals surface area contributed by atoms with Crippen LogP contribution in [0.25, 0.3) is 0 Å². The van der Waals surface area contributed by atoms with Crippen molar-refractivity contribution in [3.05, 3.63) is 18.0 Å². The van der Waals surface area contributed by atoms with Crippen molar-refractivity contribution < 1.29 is 4.74 Å². The molecule has 0 aliphatic carbocycles. The summed E-state index contributed by atoms with van der Waals surface area (Å²) in [6.45, 7) is 6.50. The fraction of sp³-hybridized carbons (Fsp3) is 0.800. The molecular weight excluding hydrogens is 252 g/mol. The topological polar surface area (TPSA) is 42.3 Å². The maximum atomic E-state index is 5.06. The molecule has 1 N–H and O–H groups in total. The highest BCUT2D eigenvalue weighted by atomic mass is 16.5. The molecule has 0 spiro atoms. The SMILES string of the molecule is COCCNCC1CCCN(CCc2cnn(C)c2)C1. The van der Waals surface area contributed by atoms with E-state index in [9.17, 15) is 0 Å². The Morgan fingerprint density at radius 3 is 3.15 bits per heavy atom. The summed E-state index contributed by atoms with van der Waals surface area (Å²) < 4.78 is 6.94. The zero-order valence-corrected chi connectivity index (χ0v) is 12.8. The maximum absolute atomic E-state index is 5.06. The van der Waals surface area contributed by atoms with E-state index in [1.54, 1.807) is 7.11 Å². The van der Waals surface area contributed by atoms with Crippen LogP contribution in [0.15, 0.2) is 12.4 Å². The number of nitrogens with one attached hydrogen (secondary N) is 1. The average Bonchev–Trinajstić information content (AvgIpc) is 2.88. The number of rotatable bonds is 8. The third-order valence-electron chi connectivity index (χ3n) is 3.99. The number of hydrogen-bond donors (Lipinski definition) is 1.